The summed E-state index contributed by atoms with van der Waals surface area (Å²) in [5, 5.41) is 4.25. The molecule has 0 radical (unpaired) electrons. The van der Waals surface area contributed by atoms with Gasteiger partial charge in [-0.25, -0.2) is 9.97 Å². The summed E-state index contributed by atoms with van der Waals surface area (Å²) in [4.78, 5) is 22.6. The highest BCUT2D eigenvalue weighted by Crippen LogP contribution is 2.21. The standard InChI is InChI=1S/C18H16BrClN4O/c1-24(11-17(25)23-16-7-6-14(19)9-21-16)10-13-8-12-4-2-3-5-15(12)22-18(13)20/h2-9H,10-11H2,1H3,(H,21,23,25). The number of likely N-dealkylation sites (N-methyl/N-ethyl adjacent to an activating group) is 1. The van der Waals surface area contributed by atoms with Gasteiger partial charge in [0.1, 0.15) is 11.0 Å². The van der Waals surface area contributed by atoms with E-state index in [1.807, 2.05) is 48.3 Å². The minimum absolute atomic E-state index is 0.137. The number of anilines is 1. The lowest BCUT2D eigenvalue weighted by molar-refractivity contribution is -0.117. The molecule has 0 aliphatic heterocycles. The minimum atomic E-state index is -0.137. The van der Waals surface area contributed by atoms with Crippen LogP contribution in [0.1, 0.15) is 5.56 Å². The maximum atomic E-state index is 12.1. The van der Waals surface area contributed by atoms with Crippen molar-refractivity contribution in [3.8, 4) is 0 Å². The van der Waals surface area contributed by atoms with Crippen LogP contribution in [-0.4, -0.2) is 34.4 Å². The highest BCUT2D eigenvalue weighted by molar-refractivity contribution is 9.10. The number of amides is 1. The molecule has 0 bridgehead atoms. The van der Waals surface area contributed by atoms with E-state index in [-0.39, 0.29) is 12.5 Å². The fourth-order valence-electron chi connectivity index (χ4n) is 2.47. The third-order valence-corrected chi connectivity index (χ3v) is 4.40. The molecular weight excluding hydrogens is 404 g/mol. The number of carbonyl (C=O) groups is 1. The molecule has 1 N–H and O–H groups in total. The van der Waals surface area contributed by atoms with Gasteiger partial charge in [-0.1, -0.05) is 29.8 Å². The van der Waals surface area contributed by atoms with Crippen molar-refractivity contribution >= 4 is 50.2 Å². The van der Waals surface area contributed by atoms with Crippen LogP contribution >= 0.6 is 27.5 Å². The third kappa shape index (κ3) is 4.75. The van der Waals surface area contributed by atoms with E-state index in [1.54, 1.807) is 12.3 Å². The number of fused-ring (bicyclic) bond motifs is 1. The molecule has 2 aromatic heterocycles. The molecule has 0 spiro atoms. The summed E-state index contributed by atoms with van der Waals surface area (Å²) in [6, 6.07) is 13.4. The minimum Gasteiger partial charge on any atom is -0.310 e. The van der Waals surface area contributed by atoms with Gasteiger partial charge in [-0.3, -0.25) is 9.69 Å². The summed E-state index contributed by atoms with van der Waals surface area (Å²) < 4.78 is 0.862. The fourth-order valence-corrected chi connectivity index (χ4v) is 2.91. The Labute approximate surface area is 159 Å². The number of carbonyl (C=O) groups excluding carboxylic acids is 1. The summed E-state index contributed by atoms with van der Waals surface area (Å²) >= 11 is 9.59. The van der Waals surface area contributed by atoms with Crippen LogP contribution in [0.2, 0.25) is 5.15 Å². The van der Waals surface area contributed by atoms with Crippen LogP contribution in [0.3, 0.4) is 0 Å². The predicted octanol–water partition coefficient (Wildman–Crippen LogP) is 4.12. The van der Waals surface area contributed by atoms with Crippen LogP contribution < -0.4 is 5.32 Å². The second-order valence-corrected chi connectivity index (χ2v) is 6.99. The lowest BCUT2D eigenvalue weighted by Crippen LogP contribution is -2.30. The maximum Gasteiger partial charge on any atom is 0.239 e. The van der Waals surface area contributed by atoms with Gasteiger partial charge in [0.25, 0.3) is 0 Å². The van der Waals surface area contributed by atoms with E-state index in [9.17, 15) is 4.79 Å². The average Bonchev–Trinajstić information content (AvgIpc) is 2.57. The van der Waals surface area contributed by atoms with E-state index in [0.29, 0.717) is 17.5 Å². The molecule has 1 amide bonds. The summed E-state index contributed by atoms with van der Waals surface area (Å²) in [7, 11) is 1.86. The zero-order valence-electron chi connectivity index (χ0n) is 13.5. The van der Waals surface area contributed by atoms with Crippen LogP contribution in [0.15, 0.2) is 53.1 Å². The molecule has 0 aliphatic carbocycles. The van der Waals surface area contributed by atoms with E-state index < -0.39 is 0 Å². The number of nitrogens with one attached hydrogen (secondary N) is 1. The van der Waals surface area contributed by atoms with Crippen molar-refractivity contribution in [2.45, 2.75) is 6.54 Å². The van der Waals surface area contributed by atoms with Gasteiger partial charge in [-0.2, -0.15) is 0 Å². The Balaban J connectivity index is 1.63. The van der Waals surface area contributed by atoms with Crippen LogP contribution in [0.25, 0.3) is 10.9 Å². The van der Waals surface area contributed by atoms with Gasteiger partial charge in [0.05, 0.1) is 12.1 Å². The van der Waals surface area contributed by atoms with Crippen molar-refractivity contribution in [1.82, 2.24) is 14.9 Å². The predicted molar refractivity (Wildman–Crippen MR) is 104 cm³/mol. The number of nitrogens with zero attached hydrogens (tertiary/aromatic N) is 3. The molecule has 3 aromatic rings. The number of benzene rings is 1. The van der Waals surface area contributed by atoms with Gasteiger partial charge in [-0.15, -0.1) is 0 Å². The normalized spacial score (nSPS) is 11.0. The first-order valence-electron chi connectivity index (χ1n) is 7.65. The van der Waals surface area contributed by atoms with E-state index in [0.717, 1.165) is 20.9 Å². The molecule has 0 fully saturated rings. The zero-order chi connectivity index (χ0) is 17.8. The molecule has 0 atom stereocenters. The van der Waals surface area contributed by atoms with E-state index in [2.05, 4.69) is 31.2 Å². The lowest BCUT2D eigenvalue weighted by Gasteiger charge is -2.17. The molecule has 5 nitrogen and oxygen atoms in total. The van der Waals surface area contributed by atoms with Gasteiger partial charge in [0.15, 0.2) is 0 Å². The van der Waals surface area contributed by atoms with Crippen molar-refractivity contribution in [3.05, 3.63) is 63.9 Å². The molecule has 0 saturated heterocycles. The topological polar surface area (TPSA) is 58.1 Å². The van der Waals surface area contributed by atoms with Gasteiger partial charge in [-0.05, 0) is 47.2 Å². The average molecular weight is 420 g/mol. The Bertz CT molecular complexity index is 901. The van der Waals surface area contributed by atoms with Gasteiger partial charge in [0, 0.05) is 28.2 Å². The molecule has 3 rings (SSSR count). The van der Waals surface area contributed by atoms with Gasteiger partial charge >= 0.3 is 0 Å². The Hall–Kier alpha value is -2.02. The fraction of sp³-hybridized carbons (Fsp3) is 0.167. The zero-order valence-corrected chi connectivity index (χ0v) is 15.9. The smallest absolute Gasteiger partial charge is 0.239 e. The summed E-state index contributed by atoms with van der Waals surface area (Å²) in [5.74, 6) is 0.384. The summed E-state index contributed by atoms with van der Waals surface area (Å²) in [6.07, 6.45) is 1.64. The van der Waals surface area contributed by atoms with Crippen LogP contribution in [-0.2, 0) is 11.3 Å². The van der Waals surface area contributed by atoms with E-state index in [1.165, 1.54) is 0 Å². The van der Waals surface area contributed by atoms with Crippen LogP contribution in [0.5, 0.6) is 0 Å². The third-order valence-electron chi connectivity index (χ3n) is 3.60. The molecule has 0 aliphatic rings. The lowest BCUT2D eigenvalue weighted by atomic mass is 10.1. The van der Waals surface area contributed by atoms with Crippen molar-refractivity contribution < 1.29 is 4.79 Å². The van der Waals surface area contributed by atoms with Crippen molar-refractivity contribution in [2.75, 3.05) is 18.9 Å². The van der Waals surface area contributed by atoms with E-state index >= 15 is 0 Å². The first-order chi connectivity index (χ1) is 12.0. The molecular formula is C18H16BrClN4O. The van der Waals surface area contributed by atoms with Gasteiger partial charge < -0.3 is 5.32 Å². The SMILES string of the molecule is CN(CC(=O)Nc1ccc(Br)cn1)Cc1cc2ccccc2nc1Cl. The van der Waals surface area contributed by atoms with E-state index in [4.69, 9.17) is 11.6 Å². The summed E-state index contributed by atoms with van der Waals surface area (Å²) in [6.45, 7) is 0.749. The number of hydrogen-bond donors (Lipinski definition) is 1. The Morgan fingerprint density at radius 1 is 1.28 bits per heavy atom. The molecule has 0 unspecified atom stereocenters. The highest BCUT2D eigenvalue weighted by Gasteiger charge is 2.11. The monoisotopic (exact) mass is 418 g/mol. The Morgan fingerprint density at radius 3 is 2.84 bits per heavy atom. The quantitative estimate of drug-likeness (QED) is 0.632. The maximum absolute atomic E-state index is 12.1. The Kier molecular flexibility index (Phi) is 5.63. The molecule has 25 heavy (non-hydrogen) atoms. The van der Waals surface area contributed by atoms with Crippen molar-refractivity contribution in [2.24, 2.45) is 0 Å². The number of halogens is 2. The van der Waals surface area contributed by atoms with Crippen molar-refractivity contribution in [1.29, 1.82) is 0 Å². The molecule has 2 heterocycles. The van der Waals surface area contributed by atoms with Crippen molar-refractivity contribution in [3.63, 3.8) is 0 Å². The summed E-state index contributed by atoms with van der Waals surface area (Å²) in [5.41, 5.74) is 1.75. The van der Waals surface area contributed by atoms with Gasteiger partial charge in [0.2, 0.25) is 5.91 Å². The number of aromatic nitrogens is 2. The first kappa shape index (κ1) is 17.8. The first-order valence-corrected chi connectivity index (χ1v) is 8.82. The highest BCUT2D eigenvalue weighted by atomic mass is 79.9. The number of pyridine rings is 2. The molecule has 128 valence electrons. The van der Waals surface area contributed by atoms with Crippen LogP contribution in [0.4, 0.5) is 5.82 Å². The number of para-hydroxylation sites is 1. The second-order valence-electron chi connectivity index (χ2n) is 5.71. The second kappa shape index (κ2) is 7.91. The largest absolute Gasteiger partial charge is 0.310 e. The number of hydrogen-bond acceptors (Lipinski definition) is 4. The Morgan fingerprint density at radius 2 is 2.08 bits per heavy atom. The molecule has 0 saturated carbocycles. The number of rotatable bonds is 5. The molecule has 1 aromatic carbocycles. The molecule has 7 heteroatoms. The van der Waals surface area contributed by atoms with Crippen LogP contribution in [0, 0.1) is 0 Å².